The molecule has 56 valence electrons. The van der Waals surface area contributed by atoms with Crippen LogP contribution in [-0.4, -0.2) is 11.4 Å². The molecule has 1 fully saturated rings. The first-order chi connectivity index (χ1) is 4.52. The van der Waals surface area contributed by atoms with Gasteiger partial charge in [-0.05, 0) is 19.8 Å². The summed E-state index contributed by atoms with van der Waals surface area (Å²) in [6, 6.07) is 0. The third kappa shape index (κ3) is 1.19. The van der Waals surface area contributed by atoms with Crippen LogP contribution in [0.15, 0.2) is 12.3 Å². The Hall–Kier alpha value is -0.830. The van der Waals surface area contributed by atoms with Gasteiger partial charge in [0.1, 0.15) is 0 Å². The summed E-state index contributed by atoms with van der Waals surface area (Å²) in [4.78, 5) is 11.0. The highest BCUT2D eigenvalue weighted by molar-refractivity contribution is 5.87. The van der Waals surface area contributed by atoms with Crippen molar-refractivity contribution in [2.24, 2.45) is 5.73 Å². The Morgan fingerprint density at radius 2 is 2.40 bits per heavy atom. The van der Waals surface area contributed by atoms with E-state index in [0.29, 0.717) is 6.42 Å². The zero-order valence-electron chi connectivity index (χ0n) is 6.11. The quantitative estimate of drug-likeness (QED) is 0.502. The Bertz CT molecular complexity index is 184. The van der Waals surface area contributed by atoms with Gasteiger partial charge in [0.2, 0.25) is 5.91 Å². The standard InChI is InChI=1S/C7H12N2O/c1-5-3-4-7(2,8)6(10)9-5/h1,3-4,8H2,2H3,(H,9,10). The van der Waals surface area contributed by atoms with Crippen molar-refractivity contribution in [3.8, 4) is 0 Å². The number of hydrogen-bond acceptors (Lipinski definition) is 2. The van der Waals surface area contributed by atoms with Gasteiger partial charge in [0.05, 0.1) is 5.54 Å². The minimum atomic E-state index is -0.693. The SMILES string of the molecule is C=C1CCC(C)(N)C(=O)N1. The third-order valence-corrected chi connectivity index (χ3v) is 1.76. The first kappa shape index (κ1) is 7.28. The molecule has 1 atom stereocenters. The van der Waals surface area contributed by atoms with Crippen LogP contribution in [0.2, 0.25) is 0 Å². The smallest absolute Gasteiger partial charge is 0.243 e. The molecule has 0 bridgehead atoms. The summed E-state index contributed by atoms with van der Waals surface area (Å²) in [6.45, 7) is 5.37. The van der Waals surface area contributed by atoms with Gasteiger partial charge >= 0.3 is 0 Å². The zero-order chi connectivity index (χ0) is 7.78. The first-order valence-electron chi connectivity index (χ1n) is 3.30. The van der Waals surface area contributed by atoms with Gasteiger partial charge in [0.15, 0.2) is 0 Å². The van der Waals surface area contributed by atoms with Crippen LogP contribution in [0.25, 0.3) is 0 Å². The van der Waals surface area contributed by atoms with Gasteiger partial charge < -0.3 is 11.1 Å². The van der Waals surface area contributed by atoms with Crippen LogP contribution in [-0.2, 0) is 4.79 Å². The summed E-state index contributed by atoms with van der Waals surface area (Å²) in [6.07, 6.45) is 1.48. The molecular formula is C7H12N2O. The summed E-state index contributed by atoms with van der Waals surface area (Å²) in [5, 5.41) is 2.61. The molecule has 1 unspecified atom stereocenters. The van der Waals surface area contributed by atoms with Crippen molar-refractivity contribution in [1.82, 2.24) is 5.32 Å². The van der Waals surface area contributed by atoms with Gasteiger partial charge in [-0.3, -0.25) is 4.79 Å². The number of rotatable bonds is 0. The minimum absolute atomic E-state index is 0.122. The van der Waals surface area contributed by atoms with Crippen molar-refractivity contribution in [3.05, 3.63) is 12.3 Å². The number of carbonyl (C=O) groups excluding carboxylic acids is 1. The fourth-order valence-electron chi connectivity index (χ4n) is 0.890. The van der Waals surface area contributed by atoms with Crippen molar-refractivity contribution >= 4 is 5.91 Å². The lowest BCUT2D eigenvalue weighted by molar-refractivity contribution is -0.126. The predicted molar refractivity (Wildman–Crippen MR) is 39.1 cm³/mol. The number of nitrogens with two attached hydrogens (primary N) is 1. The van der Waals surface area contributed by atoms with Crippen LogP contribution in [0.1, 0.15) is 19.8 Å². The third-order valence-electron chi connectivity index (χ3n) is 1.76. The molecule has 1 aliphatic heterocycles. The fourth-order valence-corrected chi connectivity index (χ4v) is 0.890. The number of piperidine rings is 1. The lowest BCUT2D eigenvalue weighted by Crippen LogP contribution is -2.54. The molecule has 0 radical (unpaired) electrons. The molecule has 0 aromatic rings. The van der Waals surface area contributed by atoms with E-state index in [-0.39, 0.29) is 5.91 Å². The molecule has 3 nitrogen and oxygen atoms in total. The Kier molecular flexibility index (Phi) is 1.52. The second-order valence-electron chi connectivity index (χ2n) is 2.98. The van der Waals surface area contributed by atoms with Crippen LogP contribution in [0.4, 0.5) is 0 Å². The van der Waals surface area contributed by atoms with E-state index in [9.17, 15) is 4.79 Å². The molecule has 1 saturated heterocycles. The van der Waals surface area contributed by atoms with Crippen molar-refractivity contribution in [3.63, 3.8) is 0 Å². The lowest BCUT2D eigenvalue weighted by Gasteiger charge is -2.29. The maximum atomic E-state index is 11.0. The molecule has 1 aliphatic rings. The highest BCUT2D eigenvalue weighted by Crippen LogP contribution is 2.17. The average molecular weight is 140 g/mol. The van der Waals surface area contributed by atoms with E-state index in [1.54, 1.807) is 6.92 Å². The minimum Gasteiger partial charge on any atom is -0.329 e. The van der Waals surface area contributed by atoms with Gasteiger partial charge in [-0.25, -0.2) is 0 Å². The van der Waals surface area contributed by atoms with E-state index in [0.717, 1.165) is 12.1 Å². The summed E-state index contributed by atoms with van der Waals surface area (Å²) in [7, 11) is 0. The first-order valence-corrected chi connectivity index (χ1v) is 3.30. The van der Waals surface area contributed by atoms with E-state index in [2.05, 4.69) is 11.9 Å². The van der Waals surface area contributed by atoms with Gasteiger partial charge in [0.25, 0.3) is 0 Å². The average Bonchev–Trinajstić information content (AvgIpc) is 1.81. The van der Waals surface area contributed by atoms with Crippen LogP contribution in [0.5, 0.6) is 0 Å². The summed E-state index contributed by atoms with van der Waals surface area (Å²) in [5.74, 6) is -0.122. The highest BCUT2D eigenvalue weighted by atomic mass is 16.2. The molecule has 0 aromatic carbocycles. The highest BCUT2D eigenvalue weighted by Gasteiger charge is 2.31. The lowest BCUT2D eigenvalue weighted by atomic mass is 9.92. The maximum Gasteiger partial charge on any atom is 0.243 e. The molecule has 1 heterocycles. The van der Waals surface area contributed by atoms with Gasteiger partial charge in [0, 0.05) is 5.70 Å². The Morgan fingerprint density at radius 3 is 2.80 bits per heavy atom. The normalized spacial score (nSPS) is 33.8. The maximum absolute atomic E-state index is 11.0. The Labute approximate surface area is 60.3 Å². The zero-order valence-corrected chi connectivity index (χ0v) is 6.11. The van der Waals surface area contributed by atoms with Crippen molar-refractivity contribution in [2.45, 2.75) is 25.3 Å². The van der Waals surface area contributed by atoms with Gasteiger partial charge in [-0.1, -0.05) is 6.58 Å². The molecule has 0 aromatic heterocycles. The summed E-state index contributed by atoms with van der Waals surface area (Å²) in [5.41, 5.74) is 5.71. The number of carbonyl (C=O) groups is 1. The van der Waals surface area contributed by atoms with E-state index in [4.69, 9.17) is 5.73 Å². The van der Waals surface area contributed by atoms with Crippen LogP contribution < -0.4 is 11.1 Å². The summed E-state index contributed by atoms with van der Waals surface area (Å²) >= 11 is 0. The molecular weight excluding hydrogens is 128 g/mol. The number of allylic oxidation sites excluding steroid dienone is 1. The number of amides is 1. The second kappa shape index (κ2) is 2.09. The largest absolute Gasteiger partial charge is 0.329 e. The number of nitrogens with one attached hydrogen (secondary N) is 1. The van der Waals surface area contributed by atoms with Crippen LogP contribution in [0.3, 0.4) is 0 Å². The number of hydrogen-bond donors (Lipinski definition) is 2. The van der Waals surface area contributed by atoms with Gasteiger partial charge in [-0.15, -0.1) is 0 Å². The van der Waals surface area contributed by atoms with E-state index >= 15 is 0 Å². The van der Waals surface area contributed by atoms with Crippen molar-refractivity contribution in [1.29, 1.82) is 0 Å². The second-order valence-corrected chi connectivity index (χ2v) is 2.98. The molecule has 3 heteroatoms. The molecule has 3 N–H and O–H groups in total. The van der Waals surface area contributed by atoms with E-state index in [1.165, 1.54) is 0 Å². The molecule has 10 heavy (non-hydrogen) atoms. The molecule has 1 amide bonds. The van der Waals surface area contributed by atoms with E-state index in [1.807, 2.05) is 0 Å². The molecule has 0 saturated carbocycles. The molecule has 1 rings (SSSR count). The Balaban J connectivity index is 2.70. The van der Waals surface area contributed by atoms with Crippen molar-refractivity contribution in [2.75, 3.05) is 0 Å². The van der Waals surface area contributed by atoms with Gasteiger partial charge in [-0.2, -0.15) is 0 Å². The van der Waals surface area contributed by atoms with Crippen molar-refractivity contribution < 1.29 is 4.79 Å². The topological polar surface area (TPSA) is 55.1 Å². The van der Waals surface area contributed by atoms with E-state index < -0.39 is 5.54 Å². The van der Waals surface area contributed by atoms with Crippen LogP contribution in [0, 0.1) is 0 Å². The molecule has 0 spiro atoms. The fraction of sp³-hybridized carbons (Fsp3) is 0.571. The summed E-state index contributed by atoms with van der Waals surface area (Å²) < 4.78 is 0. The predicted octanol–water partition coefficient (Wildman–Crippen LogP) is 0.128. The molecule has 0 aliphatic carbocycles. The Morgan fingerprint density at radius 1 is 1.80 bits per heavy atom. The monoisotopic (exact) mass is 140 g/mol. The van der Waals surface area contributed by atoms with Crippen LogP contribution >= 0.6 is 0 Å².